The Morgan fingerprint density at radius 3 is 2.80 bits per heavy atom. The summed E-state index contributed by atoms with van der Waals surface area (Å²) in [4.78, 5) is 11.3. The third-order valence-corrected chi connectivity index (χ3v) is 5.12. The fourth-order valence-corrected chi connectivity index (χ4v) is 2.95. The Morgan fingerprint density at radius 2 is 2.15 bits per heavy atom. The summed E-state index contributed by atoms with van der Waals surface area (Å²) in [5.74, 6) is -1.06. The van der Waals surface area contributed by atoms with E-state index in [1.54, 1.807) is 0 Å². The van der Waals surface area contributed by atoms with Gasteiger partial charge < -0.3 is 10.4 Å². The fourth-order valence-electron chi connectivity index (χ4n) is 2.22. The Balaban J connectivity index is 2.01. The minimum Gasteiger partial charge on any atom is -0.476 e. The van der Waals surface area contributed by atoms with Gasteiger partial charge in [0.1, 0.15) is 0 Å². The van der Waals surface area contributed by atoms with E-state index in [9.17, 15) is 9.90 Å². The maximum Gasteiger partial charge on any atom is 0.358 e. The molecule has 0 radical (unpaired) electrons. The average Bonchev–Trinajstić information content (AvgIpc) is 3.25. The first-order valence-corrected chi connectivity index (χ1v) is 7.65. The van der Waals surface area contributed by atoms with Crippen molar-refractivity contribution in [1.29, 1.82) is 0 Å². The number of hydrogen-bond donors (Lipinski definition) is 2. The molecule has 1 aliphatic rings. The van der Waals surface area contributed by atoms with Crippen molar-refractivity contribution in [2.75, 3.05) is 18.1 Å². The molecule has 20 heavy (non-hydrogen) atoms. The van der Waals surface area contributed by atoms with Crippen LogP contribution in [0, 0.1) is 0 Å². The quantitative estimate of drug-likeness (QED) is 0.881. The molecule has 3 rings (SSSR count). The van der Waals surface area contributed by atoms with Crippen molar-refractivity contribution < 1.29 is 9.90 Å². The smallest absolute Gasteiger partial charge is 0.358 e. The minimum atomic E-state index is -1.06. The summed E-state index contributed by atoms with van der Waals surface area (Å²) in [7, 11) is 0. The normalized spacial score (nSPS) is 16.1. The topological polar surface area (TPSA) is 75.1 Å². The number of carbonyl (C=O) groups is 1. The zero-order valence-corrected chi connectivity index (χ0v) is 11.9. The molecule has 6 heteroatoms. The van der Waals surface area contributed by atoms with Crippen LogP contribution in [0.2, 0.25) is 0 Å². The van der Waals surface area contributed by atoms with E-state index in [2.05, 4.69) is 21.8 Å². The molecule has 1 aliphatic carbocycles. The van der Waals surface area contributed by atoms with E-state index in [4.69, 9.17) is 0 Å². The molecule has 0 spiro atoms. The lowest BCUT2D eigenvalue weighted by atomic mass is 10.1. The highest BCUT2D eigenvalue weighted by molar-refractivity contribution is 8.00. The number of nitrogens with zero attached hydrogens (tertiary/aromatic N) is 2. The number of fused-ring (bicyclic) bond motifs is 1. The molecular weight excluding hydrogens is 274 g/mol. The monoisotopic (exact) mass is 289 g/mol. The van der Waals surface area contributed by atoms with E-state index in [0.717, 1.165) is 11.9 Å². The number of thioether (sulfide) groups is 1. The van der Waals surface area contributed by atoms with Crippen LogP contribution >= 0.6 is 11.8 Å². The molecule has 0 unspecified atom stereocenters. The predicted molar refractivity (Wildman–Crippen MR) is 80.5 cm³/mol. The average molecular weight is 289 g/mol. The van der Waals surface area contributed by atoms with Gasteiger partial charge in [-0.15, -0.1) is 10.2 Å². The Hall–Kier alpha value is -1.82. The molecule has 1 aromatic heterocycles. The van der Waals surface area contributed by atoms with Crippen molar-refractivity contribution in [1.82, 2.24) is 10.2 Å². The number of hydrogen-bond acceptors (Lipinski definition) is 5. The SMILES string of the molecule is CSC1(CNc2c(C(=O)O)nnc3ccccc23)CC1. The lowest BCUT2D eigenvalue weighted by Gasteiger charge is -2.16. The van der Waals surface area contributed by atoms with E-state index in [0.29, 0.717) is 11.2 Å². The van der Waals surface area contributed by atoms with E-state index in [-0.39, 0.29) is 10.4 Å². The third-order valence-electron chi connectivity index (χ3n) is 3.70. The first-order valence-electron chi connectivity index (χ1n) is 6.43. The van der Waals surface area contributed by atoms with Gasteiger partial charge in [0.05, 0.1) is 11.2 Å². The van der Waals surface area contributed by atoms with Crippen LogP contribution in [0.1, 0.15) is 23.3 Å². The number of aromatic nitrogens is 2. The second-order valence-electron chi connectivity index (χ2n) is 4.99. The molecule has 2 N–H and O–H groups in total. The Labute approximate surface area is 120 Å². The van der Waals surface area contributed by atoms with Gasteiger partial charge in [0.2, 0.25) is 0 Å². The summed E-state index contributed by atoms with van der Waals surface area (Å²) in [5.41, 5.74) is 1.26. The van der Waals surface area contributed by atoms with Gasteiger partial charge in [-0.3, -0.25) is 0 Å². The summed E-state index contributed by atoms with van der Waals surface area (Å²) in [6, 6.07) is 7.45. The molecule has 0 amide bonds. The van der Waals surface area contributed by atoms with E-state index < -0.39 is 5.97 Å². The summed E-state index contributed by atoms with van der Waals surface area (Å²) in [5, 5.41) is 21.2. The van der Waals surface area contributed by atoms with Gasteiger partial charge in [-0.2, -0.15) is 11.8 Å². The lowest BCUT2D eigenvalue weighted by molar-refractivity contribution is 0.0690. The number of anilines is 1. The molecular formula is C14H15N3O2S. The maximum atomic E-state index is 11.3. The zero-order chi connectivity index (χ0) is 14.2. The summed E-state index contributed by atoms with van der Waals surface area (Å²) in [6.07, 6.45) is 4.43. The minimum absolute atomic E-state index is 0.0133. The number of benzene rings is 1. The molecule has 0 atom stereocenters. The van der Waals surface area contributed by atoms with Gasteiger partial charge in [0.15, 0.2) is 5.69 Å². The zero-order valence-electron chi connectivity index (χ0n) is 11.1. The molecule has 0 bridgehead atoms. The summed E-state index contributed by atoms with van der Waals surface area (Å²) < 4.78 is 0.250. The molecule has 0 saturated heterocycles. The van der Waals surface area contributed by atoms with Crippen molar-refractivity contribution >= 4 is 34.3 Å². The van der Waals surface area contributed by atoms with Crippen LogP contribution in [-0.4, -0.2) is 38.8 Å². The number of nitrogens with one attached hydrogen (secondary N) is 1. The van der Waals surface area contributed by atoms with Crippen LogP contribution in [-0.2, 0) is 0 Å². The second-order valence-corrected chi connectivity index (χ2v) is 6.26. The predicted octanol–water partition coefficient (Wildman–Crippen LogP) is 2.64. The molecule has 5 nitrogen and oxygen atoms in total. The highest BCUT2D eigenvalue weighted by Gasteiger charge is 2.41. The molecule has 2 aromatic rings. The first-order chi connectivity index (χ1) is 9.65. The summed E-state index contributed by atoms with van der Waals surface area (Å²) >= 11 is 1.83. The Morgan fingerprint density at radius 1 is 1.40 bits per heavy atom. The van der Waals surface area contributed by atoms with Crippen molar-refractivity contribution in [2.45, 2.75) is 17.6 Å². The van der Waals surface area contributed by atoms with Crippen molar-refractivity contribution in [3.8, 4) is 0 Å². The van der Waals surface area contributed by atoms with Crippen molar-refractivity contribution in [3.05, 3.63) is 30.0 Å². The Kier molecular flexibility index (Phi) is 3.25. The number of carboxylic acids is 1. The van der Waals surface area contributed by atoms with E-state index in [1.165, 1.54) is 12.8 Å². The van der Waals surface area contributed by atoms with Gasteiger partial charge >= 0.3 is 5.97 Å². The van der Waals surface area contributed by atoms with Crippen LogP contribution in [0.25, 0.3) is 10.9 Å². The van der Waals surface area contributed by atoms with Gasteiger partial charge in [-0.25, -0.2) is 4.79 Å². The van der Waals surface area contributed by atoms with E-state index >= 15 is 0 Å². The number of aromatic carboxylic acids is 1. The van der Waals surface area contributed by atoms with E-state index in [1.807, 2.05) is 36.0 Å². The van der Waals surface area contributed by atoms with Crippen molar-refractivity contribution in [2.24, 2.45) is 0 Å². The molecule has 104 valence electrons. The number of rotatable bonds is 5. The molecule has 1 fully saturated rings. The highest BCUT2D eigenvalue weighted by atomic mass is 32.2. The molecule has 0 aliphatic heterocycles. The third kappa shape index (κ3) is 2.31. The standard InChI is InChI=1S/C14H15N3O2S/c1-20-14(6-7-14)8-15-11-9-4-2-3-5-10(9)16-17-12(11)13(18)19/h2-5H,6-8H2,1H3,(H,15,16)(H,18,19). The van der Waals surface area contributed by atoms with Crippen LogP contribution in [0.15, 0.2) is 24.3 Å². The van der Waals surface area contributed by atoms with Crippen LogP contribution in [0.5, 0.6) is 0 Å². The second kappa shape index (κ2) is 4.94. The Bertz CT molecular complexity index is 671. The fraction of sp³-hybridized carbons (Fsp3) is 0.357. The molecule has 1 heterocycles. The van der Waals surface area contributed by atoms with Crippen molar-refractivity contribution in [3.63, 3.8) is 0 Å². The van der Waals surface area contributed by atoms with Gasteiger partial charge in [0.25, 0.3) is 0 Å². The molecule has 1 aromatic carbocycles. The summed E-state index contributed by atoms with van der Waals surface area (Å²) in [6.45, 7) is 0.754. The van der Waals surface area contributed by atoms with Gasteiger partial charge in [-0.05, 0) is 25.2 Å². The molecule has 1 saturated carbocycles. The largest absolute Gasteiger partial charge is 0.476 e. The first kappa shape index (κ1) is 13.2. The maximum absolute atomic E-state index is 11.3. The lowest BCUT2D eigenvalue weighted by Crippen LogP contribution is -2.20. The van der Waals surface area contributed by atoms with Crippen LogP contribution in [0.3, 0.4) is 0 Å². The van der Waals surface area contributed by atoms with Crippen LogP contribution < -0.4 is 5.32 Å². The van der Waals surface area contributed by atoms with Gasteiger partial charge in [0, 0.05) is 16.7 Å². The number of carboxylic acid groups (broad SMARTS) is 1. The van der Waals surface area contributed by atoms with Gasteiger partial charge in [-0.1, -0.05) is 18.2 Å². The highest BCUT2D eigenvalue weighted by Crippen LogP contribution is 2.47. The van der Waals surface area contributed by atoms with Crippen LogP contribution in [0.4, 0.5) is 5.69 Å².